The van der Waals surface area contributed by atoms with Crippen molar-refractivity contribution in [2.24, 2.45) is 0 Å². The number of halogens is 1. The fraction of sp³-hybridized carbons (Fsp3) is 0.684. The van der Waals surface area contributed by atoms with Gasteiger partial charge in [0.1, 0.15) is 17.2 Å². The zero-order chi connectivity index (χ0) is 18.0. The average Bonchev–Trinajstić information content (AvgIpc) is 3.34. The van der Waals surface area contributed by atoms with Gasteiger partial charge in [0.2, 0.25) is 0 Å². The van der Waals surface area contributed by atoms with Crippen molar-refractivity contribution in [3.8, 4) is 0 Å². The molecular weight excluding hydrogens is 321 g/mol. The van der Waals surface area contributed by atoms with Crippen LogP contribution in [0.3, 0.4) is 0 Å². The fourth-order valence-electron chi connectivity index (χ4n) is 3.52. The Morgan fingerprint density at radius 3 is 2.24 bits per heavy atom. The van der Waals surface area contributed by atoms with Crippen molar-refractivity contribution in [1.82, 2.24) is 10.3 Å². The zero-order valence-electron chi connectivity index (χ0n) is 15.3. The molecule has 2 aliphatic carbocycles. The number of carbonyl (C=O) groups excluding carboxylic acids is 1. The molecule has 1 amide bonds. The van der Waals surface area contributed by atoms with Crippen LogP contribution in [0.4, 0.5) is 15.0 Å². The highest BCUT2D eigenvalue weighted by Gasteiger charge is 2.37. The summed E-state index contributed by atoms with van der Waals surface area (Å²) < 4.78 is 18.5. The molecule has 6 heteroatoms. The third-order valence-corrected chi connectivity index (χ3v) is 4.73. The highest BCUT2D eigenvalue weighted by molar-refractivity contribution is 5.68. The molecule has 0 radical (unpaired) electrons. The summed E-state index contributed by atoms with van der Waals surface area (Å²) in [5, 5.41) is 2.98. The van der Waals surface area contributed by atoms with Gasteiger partial charge in [-0.05, 0) is 71.4 Å². The number of pyridine rings is 1. The number of aromatic nitrogens is 1. The third-order valence-electron chi connectivity index (χ3n) is 4.73. The molecule has 0 saturated heterocycles. The van der Waals surface area contributed by atoms with Gasteiger partial charge in [0.05, 0.1) is 6.20 Å². The molecule has 0 unspecified atom stereocenters. The van der Waals surface area contributed by atoms with Crippen molar-refractivity contribution in [2.45, 2.75) is 83.0 Å². The highest BCUT2D eigenvalue weighted by Crippen LogP contribution is 2.36. The van der Waals surface area contributed by atoms with Gasteiger partial charge in [0, 0.05) is 18.1 Å². The Labute approximate surface area is 148 Å². The second-order valence-corrected chi connectivity index (χ2v) is 8.12. The Morgan fingerprint density at radius 2 is 1.76 bits per heavy atom. The fourth-order valence-corrected chi connectivity index (χ4v) is 3.52. The van der Waals surface area contributed by atoms with Crippen LogP contribution < -0.4 is 10.2 Å². The van der Waals surface area contributed by atoms with Crippen LogP contribution in [0.2, 0.25) is 0 Å². The molecule has 0 bridgehead atoms. The molecule has 1 heterocycles. The van der Waals surface area contributed by atoms with E-state index in [1.54, 1.807) is 6.07 Å². The summed E-state index contributed by atoms with van der Waals surface area (Å²) >= 11 is 0. The van der Waals surface area contributed by atoms with Crippen LogP contribution in [0.5, 0.6) is 0 Å². The molecule has 2 aliphatic rings. The second kappa shape index (κ2) is 7.18. The first-order chi connectivity index (χ1) is 11.8. The lowest BCUT2D eigenvalue weighted by Gasteiger charge is -2.38. The monoisotopic (exact) mass is 349 g/mol. The lowest BCUT2D eigenvalue weighted by molar-refractivity contribution is 0.0491. The quantitative estimate of drug-likeness (QED) is 0.892. The Morgan fingerprint density at radius 1 is 1.16 bits per heavy atom. The van der Waals surface area contributed by atoms with E-state index in [1.165, 1.54) is 25.1 Å². The molecule has 2 fully saturated rings. The number of hydrogen-bond donors (Lipinski definition) is 1. The number of amides is 1. The van der Waals surface area contributed by atoms with E-state index in [9.17, 15) is 9.18 Å². The predicted molar refractivity (Wildman–Crippen MR) is 95.1 cm³/mol. The molecule has 1 aromatic rings. The molecule has 2 saturated carbocycles. The summed E-state index contributed by atoms with van der Waals surface area (Å²) in [7, 11) is 0. The van der Waals surface area contributed by atoms with Crippen molar-refractivity contribution in [3.63, 3.8) is 0 Å². The number of nitrogens with zero attached hydrogens (tertiary/aromatic N) is 2. The molecule has 1 aromatic heterocycles. The van der Waals surface area contributed by atoms with Crippen LogP contribution in [0, 0.1) is 5.82 Å². The van der Waals surface area contributed by atoms with Gasteiger partial charge in [-0.25, -0.2) is 14.2 Å². The van der Waals surface area contributed by atoms with E-state index in [1.807, 2.05) is 20.8 Å². The van der Waals surface area contributed by atoms with Crippen LogP contribution in [0.15, 0.2) is 18.3 Å². The van der Waals surface area contributed by atoms with Gasteiger partial charge in [-0.15, -0.1) is 0 Å². The van der Waals surface area contributed by atoms with Crippen LogP contribution in [0.25, 0.3) is 0 Å². The standard InChI is InChI=1S/C19H28FN3O2/c1-19(2,3)25-18(24)22-14-5-7-15(8-6-14)23(16-9-10-16)17-11-4-13(20)12-21-17/h4,11-12,14-16H,5-10H2,1-3H3,(H,22,24)/t14-,15-. The molecule has 0 spiro atoms. The van der Waals surface area contributed by atoms with Crippen molar-refractivity contribution < 1.29 is 13.9 Å². The van der Waals surface area contributed by atoms with Crippen molar-refractivity contribution in [1.29, 1.82) is 0 Å². The molecule has 0 atom stereocenters. The Hall–Kier alpha value is -1.85. The van der Waals surface area contributed by atoms with Crippen LogP contribution in [-0.4, -0.2) is 34.8 Å². The Kier molecular flexibility index (Phi) is 5.16. The molecule has 1 N–H and O–H groups in total. The van der Waals surface area contributed by atoms with Gasteiger partial charge in [0.25, 0.3) is 0 Å². The minimum atomic E-state index is -0.474. The minimum Gasteiger partial charge on any atom is -0.444 e. The first-order valence-corrected chi connectivity index (χ1v) is 9.21. The van der Waals surface area contributed by atoms with E-state index in [-0.39, 0.29) is 18.0 Å². The number of anilines is 1. The average molecular weight is 349 g/mol. The van der Waals surface area contributed by atoms with Gasteiger partial charge >= 0.3 is 6.09 Å². The van der Waals surface area contributed by atoms with Crippen LogP contribution in [-0.2, 0) is 4.74 Å². The zero-order valence-corrected chi connectivity index (χ0v) is 15.3. The Balaban J connectivity index is 1.55. The molecular formula is C19H28FN3O2. The van der Waals surface area contributed by atoms with E-state index in [4.69, 9.17) is 4.74 Å². The topological polar surface area (TPSA) is 54.5 Å². The third kappa shape index (κ3) is 5.06. The summed E-state index contributed by atoms with van der Waals surface area (Å²) in [6.07, 6.45) is 7.15. The highest BCUT2D eigenvalue weighted by atomic mass is 19.1. The van der Waals surface area contributed by atoms with Gasteiger partial charge in [-0.1, -0.05) is 0 Å². The van der Waals surface area contributed by atoms with E-state index < -0.39 is 5.60 Å². The molecule has 3 rings (SSSR count). The van der Waals surface area contributed by atoms with Gasteiger partial charge in [0.15, 0.2) is 0 Å². The van der Waals surface area contributed by atoms with Gasteiger partial charge in [-0.2, -0.15) is 0 Å². The SMILES string of the molecule is CC(C)(C)OC(=O)N[C@H]1CC[C@H](N(c2ccc(F)cn2)C2CC2)CC1. The summed E-state index contributed by atoms with van der Waals surface area (Å²) in [4.78, 5) is 18.6. The lowest BCUT2D eigenvalue weighted by atomic mass is 9.90. The maximum atomic E-state index is 13.2. The van der Waals surface area contributed by atoms with Crippen molar-refractivity contribution in [3.05, 3.63) is 24.1 Å². The summed E-state index contributed by atoms with van der Waals surface area (Å²) in [5.74, 6) is 0.567. The van der Waals surface area contributed by atoms with E-state index in [2.05, 4.69) is 15.2 Å². The van der Waals surface area contributed by atoms with Crippen molar-refractivity contribution in [2.75, 3.05) is 4.90 Å². The number of hydrogen-bond acceptors (Lipinski definition) is 4. The molecule has 25 heavy (non-hydrogen) atoms. The molecule has 0 aromatic carbocycles. The van der Waals surface area contributed by atoms with Gasteiger partial charge < -0.3 is 15.0 Å². The maximum absolute atomic E-state index is 13.2. The maximum Gasteiger partial charge on any atom is 0.407 e. The van der Waals surface area contributed by atoms with Crippen molar-refractivity contribution >= 4 is 11.9 Å². The summed E-state index contributed by atoms with van der Waals surface area (Å²) in [5.41, 5.74) is -0.474. The van der Waals surface area contributed by atoms with E-state index in [0.717, 1.165) is 31.5 Å². The largest absolute Gasteiger partial charge is 0.444 e. The van der Waals surface area contributed by atoms with E-state index >= 15 is 0 Å². The molecule has 5 nitrogen and oxygen atoms in total. The normalized spacial score (nSPS) is 23.8. The van der Waals surface area contributed by atoms with Crippen LogP contribution in [0.1, 0.15) is 59.3 Å². The number of rotatable bonds is 4. The first kappa shape index (κ1) is 18.0. The smallest absolute Gasteiger partial charge is 0.407 e. The van der Waals surface area contributed by atoms with Crippen LogP contribution >= 0.6 is 0 Å². The minimum absolute atomic E-state index is 0.160. The Bertz CT molecular complexity index is 588. The van der Waals surface area contributed by atoms with Gasteiger partial charge in [-0.3, -0.25) is 0 Å². The molecule has 138 valence electrons. The number of ether oxygens (including phenoxy) is 1. The van der Waals surface area contributed by atoms with E-state index in [0.29, 0.717) is 12.1 Å². The number of nitrogens with one attached hydrogen (secondary N) is 1. The predicted octanol–water partition coefficient (Wildman–Crippen LogP) is 4.03. The summed E-state index contributed by atoms with van der Waals surface area (Å²) in [6, 6.07) is 4.35. The molecule has 0 aliphatic heterocycles. The number of alkyl carbamates (subject to hydrolysis) is 1. The summed E-state index contributed by atoms with van der Waals surface area (Å²) in [6.45, 7) is 5.60. The lowest BCUT2D eigenvalue weighted by Crippen LogP contribution is -2.46. The first-order valence-electron chi connectivity index (χ1n) is 9.21. The second-order valence-electron chi connectivity index (χ2n) is 8.12. The number of carbonyl (C=O) groups is 1.